The predicted octanol–water partition coefficient (Wildman–Crippen LogP) is 4.83. The van der Waals surface area contributed by atoms with Crippen molar-refractivity contribution in [3.05, 3.63) is 56.2 Å². The van der Waals surface area contributed by atoms with E-state index in [1.807, 2.05) is 25.1 Å². The van der Waals surface area contributed by atoms with Crippen molar-refractivity contribution < 1.29 is 14.1 Å². The molecular weight excluding hydrogens is 394 g/mol. The minimum Gasteiger partial charge on any atom is -0.494 e. The Hall–Kier alpha value is -1.34. The van der Waals surface area contributed by atoms with Gasteiger partial charge >= 0.3 is 5.88 Å². The van der Waals surface area contributed by atoms with E-state index in [0.717, 1.165) is 10.0 Å². The van der Waals surface area contributed by atoms with Gasteiger partial charge in [-0.3, -0.25) is 10.1 Å². The average molecular weight is 405 g/mol. The Morgan fingerprint density at radius 3 is 2.75 bits per heavy atom. The Bertz CT molecular complexity index is 627. The van der Waals surface area contributed by atoms with Crippen molar-refractivity contribution in [2.24, 2.45) is 0 Å². The molecule has 0 aliphatic rings. The molecule has 0 aliphatic carbocycles. The van der Waals surface area contributed by atoms with E-state index in [-0.39, 0.29) is 10.7 Å². The Morgan fingerprint density at radius 2 is 2.15 bits per heavy atom. The first kappa shape index (κ1) is 15.1. The number of benzene rings is 1. The molecule has 0 spiro atoms. The van der Waals surface area contributed by atoms with Crippen molar-refractivity contribution in [1.29, 1.82) is 0 Å². The molecule has 5 nitrogen and oxygen atoms in total. The highest BCUT2D eigenvalue weighted by molar-refractivity contribution is 9.10. The molecule has 0 saturated carbocycles. The van der Waals surface area contributed by atoms with Crippen molar-refractivity contribution in [2.45, 2.75) is 11.8 Å². The van der Waals surface area contributed by atoms with E-state index in [0.29, 0.717) is 18.1 Å². The van der Waals surface area contributed by atoms with Crippen LogP contribution in [-0.2, 0) is 0 Å². The largest absolute Gasteiger partial charge is 0.494 e. The average Bonchev–Trinajstić information content (AvgIpc) is 2.90. The van der Waals surface area contributed by atoms with E-state index < -0.39 is 4.92 Å². The third-order valence-electron chi connectivity index (χ3n) is 2.59. The van der Waals surface area contributed by atoms with Gasteiger partial charge in [0.2, 0.25) is 0 Å². The van der Waals surface area contributed by atoms with E-state index in [2.05, 4.69) is 31.9 Å². The zero-order valence-corrected chi connectivity index (χ0v) is 13.7. The molecule has 0 bridgehead atoms. The number of furan rings is 1. The van der Waals surface area contributed by atoms with Gasteiger partial charge in [0.15, 0.2) is 0 Å². The molecule has 7 heteroatoms. The fraction of sp³-hybridized carbons (Fsp3) is 0.231. The lowest BCUT2D eigenvalue weighted by Gasteiger charge is -2.14. The highest BCUT2D eigenvalue weighted by Crippen LogP contribution is 2.39. The maximum absolute atomic E-state index is 10.7. The summed E-state index contributed by atoms with van der Waals surface area (Å²) in [6.07, 6.45) is 0. The van der Waals surface area contributed by atoms with Gasteiger partial charge in [-0.2, -0.15) is 0 Å². The first-order valence-electron chi connectivity index (χ1n) is 5.83. The second-order valence-corrected chi connectivity index (χ2v) is 5.74. The van der Waals surface area contributed by atoms with Crippen LogP contribution in [0.5, 0.6) is 5.75 Å². The van der Waals surface area contributed by atoms with Crippen LogP contribution < -0.4 is 4.74 Å². The zero-order chi connectivity index (χ0) is 14.7. The number of nitro groups is 1. The summed E-state index contributed by atoms with van der Waals surface area (Å²) in [6.45, 7) is 2.43. The van der Waals surface area contributed by atoms with Crippen LogP contribution in [0.4, 0.5) is 5.88 Å². The molecule has 0 aliphatic heterocycles. The zero-order valence-electron chi connectivity index (χ0n) is 10.5. The highest BCUT2D eigenvalue weighted by Gasteiger charge is 2.22. The first-order valence-corrected chi connectivity index (χ1v) is 7.54. The van der Waals surface area contributed by atoms with Crippen LogP contribution in [0.25, 0.3) is 0 Å². The summed E-state index contributed by atoms with van der Waals surface area (Å²) >= 11 is 6.90. The molecule has 20 heavy (non-hydrogen) atoms. The van der Waals surface area contributed by atoms with Crippen LogP contribution in [0.1, 0.15) is 23.1 Å². The second-order valence-electron chi connectivity index (χ2n) is 3.91. The van der Waals surface area contributed by atoms with E-state index in [9.17, 15) is 10.1 Å². The maximum Gasteiger partial charge on any atom is 0.433 e. The summed E-state index contributed by atoms with van der Waals surface area (Å²) in [5.41, 5.74) is 0.838. The van der Waals surface area contributed by atoms with Crippen LogP contribution in [0.2, 0.25) is 0 Å². The molecule has 1 unspecified atom stereocenters. The number of rotatable bonds is 5. The van der Waals surface area contributed by atoms with Gasteiger partial charge in [0, 0.05) is 10.0 Å². The molecule has 0 saturated heterocycles. The van der Waals surface area contributed by atoms with Crippen molar-refractivity contribution in [3.63, 3.8) is 0 Å². The lowest BCUT2D eigenvalue weighted by atomic mass is 10.1. The van der Waals surface area contributed by atoms with Crippen molar-refractivity contribution in [1.82, 2.24) is 0 Å². The van der Waals surface area contributed by atoms with Crippen LogP contribution in [0.15, 0.2) is 39.2 Å². The van der Waals surface area contributed by atoms with Gasteiger partial charge in [-0.15, -0.1) is 0 Å². The molecule has 1 aromatic heterocycles. The standard InChI is InChI=1S/C13H11Br2NO4/c1-2-19-10-4-3-8(14)7-9(10)13(15)11-5-6-12(20-11)16(17)18/h3-7,13H,2H2,1H3. The van der Waals surface area contributed by atoms with Crippen molar-refractivity contribution >= 4 is 37.7 Å². The molecule has 0 amide bonds. The third kappa shape index (κ3) is 3.21. The molecule has 1 aromatic carbocycles. The van der Waals surface area contributed by atoms with Crippen LogP contribution in [-0.4, -0.2) is 11.5 Å². The summed E-state index contributed by atoms with van der Waals surface area (Å²) in [5, 5.41) is 10.7. The van der Waals surface area contributed by atoms with Gasteiger partial charge in [-0.25, -0.2) is 0 Å². The Kier molecular flexibility index (Phi) is 4.82. The molecule has 2 rings (SSSR count). The number of alkyl halides is 1. The lowest BCUT2D eigenvalue weighted by Crippen LogP contribution is -1.99. The van der Waals surface area contributed by atoms with Gasteiger partial charge in [0.05, 0.1) is 12.7 Å². The number of ether oxygens (including phenoxy) is 1. The Labute approximate surface area is 132 Å². The highest BCUT2D eigenvalue weighted by atomic mass is 79.9. The number of nitrogens with zero attached hydrogens (tertiary/aromatic N) is 1. The second kappa shape index (κ2) is 6.41. The van der Waals surface area contributed by atoms with Crippen LogP contribution in [0, 0.1) is 10.1 Å². The monoisotopic (exact) mass is 403 g/mol. The fourth-order valence-electron chi connectivity index (χ4n) is 1.73. The minimum absolute atomic E-state index is 0.280. The number of hydrogen-bond donors (Lipinski definition) is 0. The van der Waals surface area contributed by atoms with Gasteiger partial charge in [0.1, 0.15) is 21.3 Å². The summed E-state index contributed by atoms with van der Waals surface area (Å²) in [5.74, 6) is 0.879. The van der Waals surface area contributed by atoms with Gasteiger partial charge < -0.3 is 9.15 Å². The normalized spacial score (nSPS) is 12.2. The topological polar surface area (TPSA) is 65.5 Å². The molecule has 2 aromatic rings. The molecule has 0 radical (unpaired) electrons. The van der Waals surface area contributed by atoms with Crippen LogP contribution in [0.3, 0.4) is 0 Å². The maximum atomic E-state index is 10.7. The minimum atomic E-state index is -0.562. The predicted molar refractivity (Wildman–Crippen MR) is 81.4 cm³/mol. The molecule has 1 atom stereocenters. The summed E-state index contributed by atoms with van der Waals surface area (Å²) in [6, 6.07) is 8.52. The number of halogens is 2. The van der Waals surface area contributed by atoms with Gasteiger partial charge in [-0.1, -0.05) is 31.9 Å². The van der Waals surface area contributed by atoms with Crippen LogP contribution >= 0.6 is 31.9 Å². The van der Waals surface area contributed by atoms with E-state index in [1.54, 1.807) is 6.07 Å². The molecule has 1 heterocycles. The van der Waals surface area contributed by atoms with E-state index in [4.69, 9.17) is 9.15 Å². The third-order valence-corrected chi connectivity index (χ3v) is 4.02. The van der Waals surface area contributed by atoms with Gasteiger partial charge in [0.25, 0.3) is 0 Å². The molecular formula is C13H11Br2NO4. The molecule has 0 fully saturated rings. The molecule has 106 valence electrons. The lowest BCUT2D eigenvalue weighted by molar-refractivity contribution is -0.402. The van der Waals surface area contributed by atoms with Gasteiger partial charge in [-0.05, 0) is 31.2 Å². The first-order chi connectivity index (χ1) is 9.52. The van der Waals surface area contributed by atoms with E-state index >= 15 is 0 Å². The number of hydrogen-bond acceptors (Lipinski definition) is 4. The van der Waals surface area contributed by atoms with E-state index in [1.165, 1.54) is 6.07 Å². The quantitative estimate of drug-likeness (QED) is 0.406. The SMILES string of the molecule is CCOc1ccc(Br)cc1C(Br)c1ccc([N+](=O)[O-])o1. The van der Waals surface area contributed by atoms with Crippen molar-refractivity contribution in [2.75, 3.05) is 6.61 Å². The fourth-order valence-corrected chi connectivity index (χ4v) is 2.72. The summed E-state index contributed by atoms with van der Waals surface area (Å²) in [7, 11) is 0. The Morgan fingerprint density at radius 1 is 1.40 bits per heavy atom. The smallest absolute Gasteiger partial charge is 0.433 e. The van der Waals surface area contributed by atoms with Crippen molar-refractivity contribution in [3.8, 4) is 5.75 Å². The summed E-state index contributed by atoms with van der Waals surface area (Å²) in [4.78, 5) is 9.78. The Balaban J connectivity index is 2.38. The molecule has 0 N–H and O–H groups in total. The summed E-state index contributed by atoms with van der Waals surface area (Å²) < 4.78 is 11.7.